The first-order valence-electron chi connectivity index (χ1n) is 9.32. The van der Waals surface area contributed by atoms with E-state index in [9.17, 15) is 14.7 Å². The zero-order valence-electron chi connectivity index (χ0n) is 16.7. The van der Waals surface area contributed by atoms with Gasteiger partial charge in [-0.05, 0) is 24.3 Å². The smallest absolute Gasteiger partial charge is 0.223 e. The van der Waals surface area contributed by atoms with Gasteiger partial charge in [0, 0.05) is 30.8 Å². The summed E-state index contributed by atoms with van der Waals surface area (Å²) in [6, 6.07) is 24.1. The summed E-state index contributed by atoms with van der Waals surface area (Å²) in [6.45, 7) is 1.48. The fourth-order valence-electron chi connectivity index (χ4n) is 2.69. The molecule has 0 aliphatic heterocycles. The standard InChI is InChI=1S/C24H21N3O3/c1-17(28)27(2)21-15-13-20(14-16-21)25-26-22(23(29)18-9-5-3-6-10-18)24(30)19-11-7-4-8-12-19/h3-16,29H,1-2H3/b23-22-,26-25?. The summed E-state index contributed by atoms with van der Waals surface area (Å²) < 4.78 is 0. The van der Waals surface area contributed by atoms with Gasteiger partial charge in [0.25, 0.3) is 0 Å². The van der Waals surface area contributed by atoms with Gasteiger partial charge in [0.15, 0.2) is 11.5 Å². The third kappa shape index (κ3) is 4.86. The molecule has 0 radical (unpaired) electrons. The van der Waals surface area contributed by atoms with Gasteiger partial charge < -0.3 is 10.0 Å². The third-order valence-corrected chi connectivity index (χ3v) is 4.50. The van der Waals surface area contributed by atoms with Crippen LogP contribution in [0.1, 0.15) is 22.8 Å². The second-order valence-corrected chi connectivity index (χ2v) is 6.55. The number of aliphatic hydroxyl groups is 1. The maximum Gasteiger partial charge on any atom is 0.223 e. The Bertz CT molecular complexity index is 1090. The molecule has 0 unspecified atom stereocenters. The minimum absolute atomic E-state index is 0.0872. The summed E-state index contributed by atoms with van der Waals surface area (Å²) in [5, 5.41) is 18.9. The molecule has 0 heterocycles. The largest absolute Gasteiger partial charge is 0.505 e. The minimum Gasteiger partial charge on any atom is -0.505 e. The van der Waals surface area contributed by atoms with Gasteiger partial charge in [0.1, 0.15) is 0 Å². The number of hydrogen-bond donors (Lipinski definition) is 1. The van der Waals surface area contributed by atoms with E-state index in [1.165, 1.54) is 11.8 Å². The van der Waals surface area contributed by atoms with Crippen molar-refractivity contribution >= 4 is 28.8 Å². The van der Waals surface area contributed by atoms with Gasteiger partial charge in [0.2, 0.25) is 11.7 Å². The fourth-order valence-corrected chi connectivity index (χ4v) is 2.69. The van der Waals surface area contributed by atoms with Crippen LogP contribution in [0, 0.1) is 0 Å². The van der Waals surface area contributed by atoms with Gasteiger partial charge >= 0.3 is 0 Å². The van der Waals surface area contributed by atoms with Gasteiger partial charge in [-0.15, -0.1) is 5.11 Å². The highest BCUT2D eigenvalue weighted by Gasteiger charge is 2.18. The van der Waals surface area contributed by atoms with Crippen LogP contribution >= 0.6 is 0 Å². The lowest BCUT2D eigenvalue weighted by molar-refractivity contribution is -0.116. The van der Waals surface area contributed by atoms with Crippen LogP contribution in [0.2, 0.25) is 0 Å². The minimum atomic E-state index is -0.436. The quantitative estimate of drug-likeness (QED) is 0.255. The van der Waals surface area contributed by atoms with E-state index in [0.717, 1.165) is 0 Å². The summed E-state index contributed by atoms with van der Waals surface area (Å²) in [5.74, 6) is -0.773. The number of rotatable bonds is 6. The number of Topliss-reactive ketones (excluding diaryl/α,β-unsaturated/α-hetero) is 1. The highest BCUT2D eigenvalue weighted by atomic mass is 16.3. The summed E-state index contributed by atoms with van der Waals surface area (Å²) in [7, 11) is 1.68. The number of azo groups is 1. The van der Waals surface area contributed by atoms with E-state index in [4.69, 9.17) is 0 Å². The lowest BCUT2D eigenvalue weighted by Crippen LogP contribution is -2.22. The van der Waals surface area contributed by atoms with Gasteiger partial charge in [-0.2, -0.15) is 5.11 Å². The lowest BCUT2D eigenvalue weighted by Gasteiger charge is -2.14. The highest BCUT2D eigenvalue weighted by molar-refractivity contribution is 6.12. The molecule has 6 heteroatoms. The van der Waals surface area contributed by atoms with Crippen LogP contribution in [0.25, 0.3) is 5.76 Å². The Morgan fingerprint density at radius 2 is 1.33 bits per heavy atom. The molecule has 6 nitrogen and oxygen atoms in total. The summed E-state index contributed by atoms with van der Waals surface area (Å²) >= 11 is 0. The van der Waals surface area contributed by atoms with Crippen molar-refractivity contribution in [2.24, 2.45) is 10.2 Å². The van der Waals surface area contributed by atoms with Crippen LogP contribution in [-0.2, 0) is 4.79 Å². The Morgan fingerprint density at radius 3 is 1.87 bits per heavy atom. The molecule has 0 fully saturated rings. The molecule has 30 heavy (non-hydrogen) atoms. The summed E-state index contributed by atoms with van der Waals surface area (Å²) in [5.41, 5.74) is 1.90. The first kappa shape index (κ1) is 20.7. The number of carbonyl (C=O) groups is 2. The van der Waals surface area contributed by atoms with Gasteiger partial charge in [-0.25, -0.2) is 0 Å². The molecular weight excluding hydrogens is 378 g/mol. The van der Waals surface area contributed by atoms with E-state index in [0.29, 0.717) is 22.5 Å². The van der Waals surface area contributed by atoms with Crippen molar-refractivity contribution in [2.75, 3.05) is 11.9 Å². The number of hydrogen-bond acceptors (Lipinski definition) is 5. The molecule has 3 rings (SSSR count). The monoisotopic (exact) mass is 399 g/mol. The molecule has 0 aromatic heterocycles. The van der Waals surface area contributed by atoms with Crippen LogP contribution in [-0.4, -0.2) is 23.8 Å². The van der Waals surface area contributed by atoms with E-state index in [2.05, 4.69) is 10.2 Å². The van der Waals surface area contributed by atoms with Gasteiger partial charge in [-0.1, -0.05) is 60.7 Å². The molecule has 1 amide bonds. The molecule has 0 saturated heterocycles. The van der Waals surface area contributed by atoms with Crippen molar-refractivity contribution in [2.45, 2.75) is 6.92 Å². The molecule has 1 N–H and O–H groups in total. The number of ketones is 1. The summed E-state index contributed by atoms with van der Waals surface area (Å²) in [6.07, 6.45) is 0. The van der Waals surface area contributed by atoms with E-state index in [1.807, 2.05) is 6.07 Å². The first-order chi connectivity index (χ1) is 14.5. The second kappa shape index (κ2) is 9.43. The van der Waals surface area contributed by atoms with E-state index < -0.39 is 5.78 Å². The second-order valence-electron chi connectivity index (χ2n) is 6.55. The lowest BCUT2D eigenvalue weighted by atomic mass is 10.1. The number of amides is 1. The predicted octanol–water partition coefficient (Wildman–Crippen LogP) is 5.56. The molecule has 0 aliphatic carbocycles. The van der Waals surface area contributed by atoms with Crippen molar-refractivity contribution in [3.63, 3.8) is 0 Å². The Labute approximate surface area is 174 Å². The van der Waals surface area contributed by atoms with E-state index >= 15 is 0 Å². The van der Waals surface area contributed by atoms with Crippen molar-refractivity contribution < 1.29 is 14.7 Å². The van der Waals surface area contributed by atoms with Crippen LogP contribution in [0.15, 0.2) is 101 Å². The molecule has 0 saturated carbocycles. The number of carbonyl (C=O) groups excluding carboxylic acids is 2. The van der Waals surface area contributed by atoms with Gasteiger partial charge in [0.05, 0.1) is 5.69 Å². The number of benzene rings is 3. The van der Waals surface area contributed by atoms with Crippen LogP contribution < -0.4 is 4.90 Å². The fraction of sp³-hybridized carbons (Fsp3) is 0.0833. The number of allylic oxidation sites excluding steroid dienone is 1. The first-order valence-corrected chi connectivity index (χ1v) is 9.32. The number of aliphatic hydroxyl groups excluding tert-OH is 1. The summed E-state index contributed by atoms with van der Waals surface area (Å²) in [4.78, 5) is 26.0. The van der Waals surface area contributed by atoms with Crippen molar-refractivity contribution in [3.05, 3.63) is 102 Å². The van der Waals surface area contributed by atoms with Crippen LogP contribution in [0.3, 0.4) is 0 Å². The molecule has 3 aromatic carbocycles. The highest BCUT2D eigenvalue weighted by Crippen LogP contribution is 2.24. The molecule has 0 spiro atoms. The molecular formula is C24H21N3O3. The molecule has 3 aromatic rings. The average Bonchev–Trinajstić information content (AvgIpc) is 2.80. The van der Waals surface area contributed by atoms with Crippen LogP contribution in [0.4, 0.5) is 11.4 Å². The number of nitrogens with zero attached hydrogens (tertiary/aromatic N) is 3. The average molecular weight is 399 g/mol. The maximum atomic E-state index is 13.0. The van der Waals surface area contributed by atoms with Crippen molar-refractivity contribution in [3.8, 4) is 0 Å². The number of anilines is 1. The SMILES string of the molecule is CC(=O)N(C)c1ccc(N=N/C(C(=O)c2ccccc2)=C(\O)c2ccccc2)cc1. The Hall–Kier alpha value is -4.06. The topological polar surface area (TPSA) is 82.3 Å². The Kier molecular flexibility index (Phi) is 6.49. The Morgan fingerprint density at radius 1 is 0.800 bits per heavy atom. The third-order valence-electron chi connectivity index (χ3n) is 4.50. The van der Waals surface area contributed by atoms with Gasteiger partial charge in [-0.3, -0.25) is 9.59 Å². The maximum absolute atomic E-state index is 13.0. The molecule has 0 bridgehead atoms. The normalized spacial score (nSPS) is 11.8. The van der Waals surface area contributed by atoms with Crippen molar-refractivity contribution in [1.82, 2.24) is 0 Å². The molecule has 0 atom stereocenters. The van der Waals surface area contributed by atoms with Crippen LogP contribution in [0.5, 0.6) is 0 Å². The van der Waals surface area contributed by atoms with Crippen molar-refractivity contribution in [1.29, 1.82) is 0 Å². The zero-order valence-corrected chi connectivity index (χ0v) is 16.7. The molecule has 0 aliphatic rings. The predicted molar refractivity (Wildman–Crippen MR) is 117 cm³/mol. The van der Waals surface area contributed by atoms with E-state index in [1.54, 1.807) is 85.9 Å². The van der Waals surface area contributed by atoms with E-state index in [-0.39, 0.29) is 17.4 Å². The molecule has 150 valence electrons. The zero-order chi connectivity index (χ0) is 21.5. The Balaban J connectivity index is 1.97.